The second-order valence-corrected chi connectivity index (χ2v) is 6.17. The zero-order chi connectivity index (χ0) is 15.5. The van der Waals surface area contributed by atoms with Crippen molar-refractivity contribution in [2.45, 2.75) is 78.2 Å². The average Bonchev–Trinajstić information content (AvgIpc) is 3.01. The van der Waals surface area contributed by atoms with Crippen molar-refractivity contribution < 1.29 is 4.79 Å². The summed E-state index contributed by atoms with van der Waals surface area (Å²) >= 11 is 0. The van der Waals surface area contributed by atoms with Crippen molar-refractivity contribution in [3.8, 4) is 0 Å². The molecule has 0 aromatic heterocycles. The normalized spacial score (nSPS) is 15.3. The fraction of sp³-hybridized carbons (Fsp3) is 0.833. The van der Waals surface area contributed by atoms with E-state index in [0.717, 1.165) is 32.5 Å². The van der Waals surface area contributed by atoms with E-state index in [0.29, 0.717) is 6.04 Å². The summed E-state index contributed by atoms with van der Waals surface area (Å²) in [5.41, 5.74) is 0. The van der Waals surface area contributed by atoms with Gasteiger partial charge in [-0.3, -0.25) is 4.79 Å². The maximum Gasteiger partial charge on any atom is 0.248 e. The molecule has 0 aliphatic carbocycles. The third-order valence-electron chi connectivity index (χ3n) is 4.31. The third-order valence-corrected chi connectivity index (χ3v) is 4.31. The summed E-state index contributed by atoms with van der Waals surface area (Å²) in [6, 6.07) is 0.592. The molecule has 0 radical (unpaired) electrons. The van der Waals surface area contributed by atoms with Crippen molar-refractivity contribution in [1.82, 2.24) is 9.80 Å². The lowest BCUT2D eigenvalue weighted by Gasteiger charge is -2.30. The van der Waals surface area contributed by atoms with Crippen molar-refractivity contribution in [2.24, 2.45) is 0 Å². The first-order valence-corrected chi connectivity index (χ1v) is 8.95. The van der Waals surface area contributed by atoms with Crippen LogP contribution in [0.5, 0.6) is 0 Å². The SMILES string of the molecule is CCCCN(/C=C/C(=O)N1CCCC1)C(CCC)CCC. The zero-order valence-corrected chi connectivity index (χ0v) is 14.3. The molecule has 0 N–H and O–H groups in total. The monoisotopic (exact) mass is 294 g/mol. The van der Waals surface area contributed by atoms with Crippen molar-refractivity contribution in [1.29, 1.82) is 0 Å². The van der Waals surface area contributed by atoms with Crippen LogP contribution in [0, 0.1) is 0 Å². The highest BCUT2D eigenvalue weighted by Crippen LogP contribution is 2.15. The number of unbranched alkanes of at least 4 members (excludes halogenated alkanes) is 1. The Labute approximate surface area is 131 Å². The number of hydrogen-bond donors (Lipinski definition) is 0. The predicted octanol–water partition coefficient (Wildman–Crippen LogP) is 4.19. The van der Waals surface area contributed by atoms with Gasteiger partial charge in [0.15, 0.2) is 0 Å². The summed E-state index contributed by atoms with van der Waals surface area (Å²) in [6.07, 6.45) is 13.5. The van der Waals surface area contributed by atoms with Gasteiger partial charge >= 0.3 is 0 Å². The lowest BCUT2D eigenvalue weighted by atomic mass is 10.0. The smallest absolute Gasteiger partial charge is 0.248 e. The van der Waals surface area contributed by atoms with Crippen LogP contribution >= 0.6 is 0 Å². The molecule has 0 saturated carbocycles. The van der Waals surface area contributed by atoms with E-state index in [1.807, 2.05) is 4.90 Å². The highest BCUT2D eigenvalue weighted by molar-refractivity contribution is 5.87. The summed E-state index contributed by atoms with van der Waals surface area (Å²) in [7, 11) is 0. The Hall–Kier alpha value is -0.990. The van der Waals surface area contributed by atoms with Crippen LogP contribution in [0.25, 0.3) is 0 Å². The summed E-state index contributed by atoms with van der Waals surface area (Å²) in [6.45, 7) is 9.67. The second-order valence-electron chi connectivity index (χ2n) is 6.17. The highest BCUT2D eigenvalue weighted by atomic mass is 16.2. The molecule has 1 heterocycles. The fourth-order valence-electron chi connectivity index (χ4n) is 3.06. The van der Waals surface area contributed by atoms with Gasteiger partial charge in [0.25, 0.3) is 0 Å². The molecule has 1 fully saturated rings. The lowest BCUT2D eigenvalue weighted by molar-refractivity contribution is -0.125. The molecule has 3 heteroatoms. The van der Waals surface area contributed by atoms with Gasteiger partial charge in [-0.15, -0.1) is 0 Å². The van der Waals surface area contributed by atoms with Crippen LogP contribution in [0.3, 0.4) is 0 Å². The van der Waals surface area contributed by atoms with E-state index in [-0.39, 0.29) is 5.91 Å². The molecule has 0 aromatic carbocycles. The van der Waals surface area contributed by atoms with E-state index in [4.69, 9.17) is 0 Å². The van der Waals surface area contributed by atoms with Gasteiger partial charge in [-0.2, -0.15) is 0 Å². The number of carbonyl (C=O) groups is 1. The van der Waals surface area contributed by atoms with Gasteiger partial charge in [0.05, 0.1) is 0 Å². The largest absolute Gasteiger partial charge is 0.374 e. The average molecular weight is 294 g/mol. The predicted molar refractivity (Wildman–Crippen MR) is 90.2 cm³/mol. The fourth-order valence-corrected chi connectivity index (χ4v) is 3.06. The Morgan fingerprint density at radius 2 is 1.71 bits per heavy atom. The molecule has 0 spiro atoms. The second kappa shape index (κ2) is 10.7. The first-order chi connectivity index (χ1) is 10.2. The van der Waals surface area contributed by atoms with Gasteiger partial charge in [0, 0.05) is 38.0 Å². The van der Waals surface area contributed by atoms with E-state index in [1.54, 1.807) is 6.08 Å². The maximum atomic E-state index is 12.2. The highest BCUT2D eigenvalue weighted by Gasteiger charge is 2.17. The quantitative estimate of drug-likeness (QED) is 0.564. The van der Waals surface area contributed by atoms with Gasteiger partial charge < -0.3 is 9.80 Å². The number of amides is 1. The molecule has 1 amide bonds. The van der Waals surface area contributed by atoms with Crippen molar-refractivity contribution in [2.75, 3.05) is 19.6 Å². The Balaban J connectivity index is 2.63. The molecule has 0 unspecified atom stereocenters. The minimum atomic E-state index is 0.195. The molecule has 1 aliphatic rings. The van der Waals surface area contributed by atoms with Crippen LogP contribution in [0.2, 0.25) is 0 Å². The van der Waals surface area contributed by atoms with Gasteiger partial charge in [-0.25, -0.2) is 0 Å². The van der Waals surface area contributed by atoms with Crippen LogP contribution < -0.4 is 0 Å². The summed E-state index contributed by atoms with van der Waals surface area (Å²) in [5, 5.41) is 0. The molecular weight excluding hydrogens is 260 g/mol. The molecule has 3 nitrogen and oxygen atoms in total. The van der Waals surface area contributed by atoms with Crippen LogP contribution in [0.15, 0.2) is 12.3 Å². The van der Waals surface area contributed by atoms with Gasteiger partial charge in [-0.1, -0.05) is 40.0 Å². The van der Waals surface area contributed by atoms with Gasteiger partial charge in [-0.05, 0) is 32.1 Å². The first-order valence-electron chi connectivity index (χ1n) is 8.95. The van der Waals surface area contributed by atoms with E-state index in [9.17, 15) is 4.79 Å². The lowest BCUT2D eigenvalue weighted by Crippen LogP contribution is -2.33. The van der Waals surface area contributed by atoms with Gasteiger partial charge in [0.2, 0.25) is 5.91 Å². The molecular formula is C18H34N2O. The molecule has 122 valence electrons. The third kappa shape index (κ3) is 6.54. The molecule has 1 aliphatic heterocycles. The summed E-state index contributed by atoms with van der Waals surface area (Å²) < 4.78 is 0. The van der Waals surface area contributed by atoms with E-state index in [2.05, 4.69) is 31.9 Å². The Morgan fingerprint density at radius 1 is 1.10 bits per heavy atom. The molecule has 0 bridgehead atoms. The van der Waals surface area contributed by atoms with Crippen molar-refractivity contribution >= 4 is 5.91 Å². The number of likely N-dealkylation sites (tertiary alicyclic amines) is 1. The molecule has 21 heavy (non-hydrogen) atoms. The number of rotatable bonds is 10. The molecule has 1 saturated heterocycles. The van der Waals surface area contributed by atoms with Crippen LogP contribution in [-0.4, -0.2) is 41.4 Å². The van der Waals surface area contributed by atoms with Crippen LogP contribution in [0.1, 0.15) is 72.1 Å². The Kier molecular flexibility index (Phi) is 9.20. The van der Waals surface area contributed by atoms with Crippen LogP contribution in [0.4, 0.5) is 0 Å². The minimum absolute atomic E-state index is 0.195. The van der Waals surface area contributed by atoms with E-state index in [1.165, 1.54) is 38.5 Å². The zero-order valence-electron chi connectivity index (χ0n) is 14.3. The minimum Gasteiger partial charge on any atom is -0.374 e. The van der Waals surface area contributed by atoms with Crippen LogP contribution in [-0.2, 0) is 4.79 Å². The Bertz CT molecular complexity index is 302. The molecule has 0 aromatic rings. The van der Waals surface area contributed by atoms with Gasteiger partial charge in [0.1, 0.15) is 0 Å². The molecule has 0 atom stereocenters. The Morgan fingerprint density at radius 3 is 2.24 bits per heavy atom. The number of carbonyl (C=O) groups excluding carboxylic acids is 1. The standard InChI is InChI=1S/C18H34N2O/c1-4-7-13-19(17(10-5-2)11-6-3)16-12-18(21)20-14-8-9-15-20/h12,16-17H,4-11,13-15H2,1-3H3/b16-12+. The molecule has 1 rings (SSSR count). The topological polar surface area (TPSA) is 23.6 Å². The summed E-state index contributed by atoms with van der Waals surface area (Å²) in [4.78, 5) is 16.6. The van der Waals surface area contributed by atoms with Crippen molar-refractivity contribution in [3.05, 3.63) is 12.3 Å². The number of hydrogen-bond acceptors (Lipinski definition) is 2. The number of nitrogens with zero attached hydrogens (tertiary/aromatic N) is 2. The van der Waals surface area contributed by atoms with E-state index >= 15 is 0 Å². The maximum absolute atomic E-state index is 12.2. The van der Waals surface area contributed by atoms with E-state index < -0.39 is 0 Å². The van der Waals surface area contributed by atoms with Crippen molar-refractivity contribution in [3.63, 3.8) is 0 Å². The summed E-state index contributed by atoms with van der Waals surface area (Å²) in [5.74, 6) is 0.195. The first kappa shape index (κ1) is 18.1.